The van der Waals surface area contributed by atoms with E-state index in [4.69, 9.17) is 62.1 Å². The van der Waals surface area contributed by atoms with Gasteiger partial charge in [0.25, 0.3) is 23.6 Å². The van der Waals surface area contributed by atoms with Crippen LogP contribution in [0.1, 0.15) is 110 Å². The lowest BCUT2D eigenvalue weighted by Crippen LogP contribution is -2.45. The number of aliphatic imine (C=N–C) groups is 2. The molecule has 0 spiro atoms. The highest BCUT2D eigenvalue weighted by atomic mass is 16.6. The number of piperazine rings is 1. The van der Waals surface area contributed by atoms with Crippen LogP contribution >= 0.6 is 0 Å². The van der Waals surface area contributed by atoms with Crippen LogP contribution in [0.5, 0.6) is 17.2 Å². The van der Waals surface area contributed by atoms with Crippen LogP contribution in [0, 0.1) is 18.8 Å². The second-order valence-electron chi connectivity index (χ2n) is 28.4. The number of nitrogens with one attached hydrogen (secondary N) is 3. The van der Waals surface area contributed by atoms with Crippen LogP contribution in [0.2, 0.25) is 0 Å². The molecule has 10 rings (SSSR count). The molecule has 29 nitrogen and oxygen atoms in total. The van der Waals surface area contributed by atoms with Crippen molar-refractivity contribution in [2.45, 2.75) is 97.2 Å². The lowest BCUT2D eigenvalue weighted by atomic mass is 9.92. The van der Waals surface area contributed by atoms with Gasteiger partial charge in [0.15, 0.2) is 17.3 Å². The average Bonchev–Trinajstić information content (AvgIpc) is 1.63. The number of aryl methyl sites for hydroxylation is 1. The zero-order valence-corrected chi connectivity index (χ0v) is 65.3. The van der Waals surface area contributed by atoms with Crippen molar-refractivity contribution < 1.29 is 90.5 Å². The zero-order valence-electron chi connectivity index (χ0n) is 65.3. The average molecular weight is 1550 g/mol. The van der Waals surface area contributed by atoms with Crippen LogP contribution in [-0.4, -0.2) is 270 Å². The molecular weight excluding hydrogens is 1440 g/mol. The molecule has 604 valence electrons. The van der Waals surface area contributed by atoms with Crippen molar-refractivity contribution in [3.63, 3.8) is 0 Å². The summed E-state index contributed by atoms with van der Waals surface area (Å²) < 4.78 is 62.4. The fourth-order valence-electron chi connectivity index (χ4n) is 13.3. The number of ether oxygens (including phenoxy) is 11. The van der Waals surface area contributed by atoms with Gasteiger partial charge in [-0.25, -0.2) is 0 Å². The van der Waals surface area contributed by atoms with Gasteiger partial charge in [0, 0.05) is 138 Å². The minimum atomic E-state index is -0.782. The number of amides is 7. The van der Waals surface area contributed by atoms with Gasteiger partial charge >= 0.3 is 0 Å². The Morgan fingerprint density at radius 3 is 1.54 bits per heavy atom. The molecule has 6 aliphatic rings. The van der Waals surface area contributed by atoms with Crippen molar-refractivity contribution >= 4 is 93.5 Å². The number of carbonyl (C=O) groups excluding carboxylic acids is 8. The van der Waals surface area contributed by atoms with Gasteiger partial charge in [-0.05, 0) is 103 Å². The minimum Gasteiger partial charge on any atom is -0.493 e. The lowest BCUT2D eigenvalue weighted by Gasteiger charge is -2.34. The number of hydrogen-bond acceptors (Lipinski definition) is 23. The van der Waals surface area contributed by atoms with Crippen LogP contribution in [-0.2, 0) is 66.7 Å². The third-order valence-electron chi connectivity index (χ3n) is 19.8. The van der Waals surface area contributed by atoms with E-state index in [-0.39, 0.29) is 92.3 Å². The quantitative estimate of drug-likeness (QED) is 0.0279. The van der Waals surface area contributed by atoms with Crippen molar-refractivity contribution in [2.24, 2.45) is 21.8 Å². The molecule has 6 aliphatic heterocycles. The number of anilines is 2. The molecule has 6 heterocycles. The summed E-state index contributed by atoms with van der Waals surface area (Å²) in [5, 5.41) is 8.45. The summed E-state index contributed by atoms with van der Waals surface area (Å²) in [6, 6.07) is 21.9. The molecular formula is C83H108N10O19. The molecule has 4 aromatic carbocycles. The van der Waals surface area contributed by atoms with E-state index >= 15 is 0 Å². The molecule has 1 fully saturated rings. The van der Waals surface area contributed by atoms with Gasteiger partial charge in [-0.1, -0.05) is 45.0 Å². The van der Waals surface area contributed by atoms with Gasteiger partial charge in [-0.3, -0.25) is 53.2 Å². The maximum Gasteiger partial charge on any atom is 0.260 e. The van der Waals surface area contributed by atoms with Gasteiger partial charge in [-0.15, -0.1) is 0 Å². The number of unbranched alkanes of at least 4 members (excludes halogenated alkanes) is 2. The van der Waals surface area contributed by atoms with E-state index in [1.165, 1.54) is 17.8 Å². The second-order valence-corrected chi connectivity index (χ2v) is 28.4. The Hall–Kier alpha value is -9.56. The lowest BCUT2D eigenvalue weighted by molar-refractivity contribution is -0.137. The van der Waals surface area contributed by atoms with E-state index in [1.807, 2.05) is 63.7 Å². The van der Waals surface area contributed by atoms with Crippen molar-refractivity contribution in [3.05, 3.63) is 125 Å². The largest absolute Gasteiger partial charge is 0.493 e. The van der Waals surface area contributed by atoms with E-state index in [0.29, 0.717) is 171 Å². The first-order valence-corrected chi connectivity index (χ1v) is 38.9. The minimum absolute atomic E-state index is 0.0299. The molecule has 1 unspecified atom stereocenters. The van der Waals surface area contributed by atoms with Gasteiger partial charge in [0.2, 0.25) is 17.7 Å². The van der Waals surface area contributed by atoms with Crippen LogP contribution in [0.15, 0.2) is 107 Å². The zero-order chi connectivity index (χ0) is 79.1. The highest BCUT2D eigenvalue weighted by Crippen LogP contribution is 2.41. The molecule has 0 aromatic heterocycles. The van der Waals surface area contributed by atoms with Gasteiger partial charge in [0.05, 0.1) is 167 Å². The summed E-state index contributed by atoms with van der Waals surface area (Å²) in [6.07, 6.45) is 13.4. The van der Waals surface area contributed by atoms with E-state index in [9.17, 15) is 38.4 Å². The fourth-order valence-corrected chi connectivity index (χ4v) is 13.3. The number of carbonyl (C=O) groups is 8. The molecule has 1 saturated heterocycles. The van der Waals surface area contributed by atoms with Crippen LogP contribution in [0.25, 0.3) is 11.1 Å². The van der Waals surface area contributed by atoms with Gasteiger partial charge in [-0.2, -0.15) is 0 Å². The Morgan fingerprint density at radius 2 is 1.02 bits per heavy atom. The first kappa shape index (κ1) is 84.9. The van der Waals surface area contributed by atoms with Crippen LogP contribution in [0.4, 0.5) is 22.7 Å². The molecule has 3 N–H and O–H groups in total. The van der Waals surface area contributed by atoms with Crippen LogP contribution in [0.3, 0.4) is 0 Å². The SMILES string of the molecule is COc1cc2c(cc1OCCCCCOc1cc3c(cc1C)C(=O)N1C=C(c4ccc(NC(=O)[C@H](C)CC(=O)C(NC(=O)CCOCCOCCOCCOCCOCCOCCOCCOCCNC(=O)CCN5C(=O)C=CC5=O)C(C)C)cc4)C[C@H]1C=N3)N=C[C@@H]1CC(c3ccc(N4CCN(C)CC4)cc3)=CN1C2=O. The number of hydrogen-bond donors (Lipinski definition) is 3. The molecule has 4 atom stereocenters. The van der Waals surface area contributed by atoms with Gasteiger partial charge < -0.3 is 87.7 Å². The molecule has 112 heavy (non-hydrogen) atoms. The summed E-state index contributed by atoms with van der Waals surface area (Å²) in [4.78, 5) is 122. The highest BCUT2D eigenvalue weighted by Gasteiger charge is 2.36. The third-order valence-corrected chi connectivity index (χ3v) is 19.8. The first-order chi connectivity index (χ1) is 54.4. The maximum absolute atomic E-state index is 14.2. The second kappa shape index (κ2) is 44.0. The number of imide groups is 1. The summed E-state index contributed by atoms with van der Waals surface area (Å²) >= 11 is 0. The summed E-state index contributed by atoms with van der Waals surface area (Å²) in [7, 11) is 3.73. The number of nitrogens with zero attached hydrogens (tertiary/aromatic N) is 7. The summed E-state index contributed by atoms with van der Waals surface area (Å²) in [5.41, 5.74) is 8.64. The molecule has 7 amide bonds. The van der Waals surface area contributed by atoms with Crippen molar-refractivity contribution in [1.29, 1.82) is 0 Å². The monoisotopic (exact) mass is 1550 g/mol. The molecule has 4 aromatic rings. The molecule has 0 aliphatic carbocycles. The maximum atomic E-state index is 14.2. The smallest absolute Gasteiger partial charge is 0.260 e. The van der Waals surface area contributed by atoms with Crippen molar-refractivity contribution in [3.8, 4) is 17.2 Å². The number of likely N-dealkylation sites (N-methyl/N-ethyl adjacent to an activating group) is 1. The Balaban J connectivity index is 0.529. The van der Waals surface area contributed by atoms with E-state index in [0.717, 1.165) is 78.2 Å². The number of Topliss-reactive ketones (excluding diaryl/α,β-unsaturated/α-hetero) is 1. The topological polar surface area (TPSA) is 315 Å². The Kier molecular flexibility index (Phi) is 33.4. The van der Waals surface area contributed by atoms with Crippen LogP contribution < -0.4 is 35.1 Å². The van der Waals surface area contributed by atoms with E-state index in [2.05, 4.69) is 57.1 Å². The summed E-state index contributed by atoms with van der Waals surface area (Å²) in [5.74, 6) is -1.55. The number of benzene rings is 4. The molecule has 0 bridgehead atoms. The molecule has 0 radical (unpaired) electrons. The fraction of sp³-hybridized carbons (Fsp3) is 0.518. The normalized spacial score (nSPS) is 17.1. The molecule has 0 saturated carbocycles. The number of fused-ring (bicyclic) bond motifs is 4. The Bertz CT molecular complexity index is 3990. The molecule has 29 heteroatoms. The Labute approximate surface area is 655 Å². The predicted molar refractivity (Wildman–Crippen MR) is 422 cm³/mol. The van der Waals surface area contributed by atoms with E-state index in [1.54, 1.807) is 54.3 Å². The highest BCUT2D eigenvalue weighted by molar-refractivity contribution is 6.13. The Morgan fingerprint density at radius 1 is 0.536 bits per heavy atom. The first-order valence-electron chi connectivity index (χ1n) is 38.9. The summed E-state index contributed by atoms with van der Waals surface area (Å²) in [6.45, 7) is 18.4. The van der Waals surface area contributed by atoms with Crippen molar-refractivity contribution in [2.75, 3.05) is 183 Å². The third kappa shape index (κ3) is 25.2. The number of rotatable bonds is 49. The predicted octanol–water partition coefficient (Wildman–Crippen LogP) is 7.96. The standard InChI is InChI=1S/C83H108N10O19/c1-57(2)80(88-77(96)21-30-103-32-34-105-36-38-107-40-42-109-44-45-110-43-41-108-39-37-106-35-33-104-31-22-84-76(95)20-23-91-78(97)18-19-79(91)98)72(94)47-59(4)81(99)87-64-14-10-60(11-15-64)62-48-66-53-85-70-51-73(58(3)46-68(70)82(100)92(66)55-62)111-28-8-7-9-29-112-75-52-71-69(50-74(75)102-6)83(101)93-56-63(49-67(93)54-86-71)61-12-16-65(17-13-61)90-26-24-89(5)25-27-90/h10-19,46,50-57,59,66-67,80H,7-9,20-45,47-49H2,1-6H3,(H,84,95)(H,87,99)(H,88,96)/t59-,66+,67+,80?/m1/s1. The van der Waals surface area contributed by atoms with E-state index < -0.39 is 23.8 Å². The number of methoxy groups -OCH3 is 1. The van der Waals surface area contributed by atoms with Crippen molar-refractivity contribution in [1.82, 2.24) is 30.2 Å². The number of ketones is 1. The van der Waals surface area contributed by atoms with Gasteiger partial charge in [0.1, 0.15) is 5.75 Å².